The lowest BCUT2D eigenvalue weighted by atomic mass is 10.0. The molecule has 3 aliphatic rings. The van der Waals surface area contributed by atoms with Gasteiger partial charge in [0.05, 0.1) is 17.9 Å². The summed E-state index contributed by atoms with van der Waals surface area (Å²) >= 11 is 0. The number of aromatic nitrogens is 2. The molecule has 0 unspecified atom stereocenters. The topological polar surface area (TPSA) is 77.3 Å². The lowest BCUT2D eigenvalue weighted by Gasteiger charge is -2.32. The highest BCUT2D eigenvalue weighted by Gasteiger charge is 2.31. The summed E-state index contributed by atoms with van der Waals surface area (Å²) < 4.78 is 0. The first-order valence-corrected chi connectivity index (χ1v) is 9.60. The number of hydrogen-bond donors (Lipinski definition) is 0. The molecule has 8 nitrogen and oxygen atoms in total. The Morgan fingerprint density at radius 1 is 1.19 bits per heavy atom. The average Bonchev–Trinajstić information content (AvgIpc) is 3.25. The highest BCUT2D eigenvalue weighted by molar-refractivity contribution is 5.73. The van der Waals surface area contributed by atoms with Crippen LogP contribution < -0.4 is 9.80 Å². The number of azo groups is 1. The van der Waals surface area contributed by atoms with Crippen molar-refractivity contribution in [2.75, 3.05) is 44.0 Å². The van der Waals surface area contributed by atoms with Gasteiger partial charge in [-0.2, -0.15) is 15.2 Å². The fraction of sp³-hybridized carbons (Fsp3) is 0.632. The van der Waals surface area contributed by atoms with Crippen molar-refractivity contribution < 1.29 is 4.79 Å². The van der Waals surface area contributed by atoms with Crippen LogP contribution in [-0.2, 0) is 17.8 Å². The van der Waals surface area contributed by atoms with Gasteiger partial charge < -0.3 is 14.7 Å². The molecular formula is C19H27N7O. The van der Waals surface area contributed by atoms with Crippen LogP contribution in [0.25, 0.3) is 0 Å². The Kier molecular flexibility index (Phi) is 4.57. The number of likely N-dealkylation sites (N-methyl/N-ethyl adjacent to an activating group) is 1. The van der Waals surface area contributed by atoms with Gasteiger partial charge >= 0.3 is 0 Å². The van der Waals surface area contributed by atoms with Gasteiger partial charge in [-0.3, -0.25) is 4.79 Å². The van der Waals surface area contributed by atoms with E-state index in [2.05, 4.69) is 22.2 Å². The van der Waals surface area contributed by atoms with Crippen LogP contribution in [0.4, 0.5) is 11.8 Å². The number of hydrogen-bond acceptors (Lipinski definition) is 7. The van der Waals surface area contributed by atoms with E-state index < -0.39 is 0 Å². The molecular weight excluding hydrogens is 342 g/mol. The van der Waals surface area contributed by atoms with E-state index >= 15 is 0 Å². The Bertz CT molecular complexity index is 830. The molecule has 27 heavy (non-hydrogen) atoms. The van der Waals surface area contributed by atoms with E-state index in [1.165, 1.54) is 17.7 Å². The van der Waals surface area contributed by atoms with E-state index in [1.54, 1.807) is 6.92 Å². The smallest absolute Gasteiger partial charge is 0.227 e. The first-order valence-electron chi connectivity index (χ1n) is 9.60. The Hall–Kier alpha value is -2.51. The number of nitrogens with zero attached hydrogens (tertiary/aromatic N) is 7. The zero-order valence-electron chi connectivity index (χ0n) is 16.6. The number of allylic oxidation sites excluding steroid dienone is 1. The molecule has 0 saturated heterocycles. The molecule has 1 aromatic rings. The summed E-state index contributed by atoms with van der Waals surface area (Å²) in [5.74, 6) is 1.72. The molecule has 0 N–H and O–H groups in total. The van der Waals surface area contributed by atoms with E-state index in [1.807, 2.05) is 23.9 Å². The van der Waals surface area contributed by atoms with Crippen LogP contribution in [0.15, 0.2) is 21.5 Å². The highest BCUT2D eigenvalue weighted by Crippen LogP contribution is 2.36. The van der Waals surface area contributed by atoms with E-state index in [9.17, 15) is 4.79 Å². The molecule has 0 saturated carbocycles. The highest BCUT2D eigenvalue weighted by atomic mass is 16.2. The van der Waals surface area contributed by atoms with Gasteiger partial charge in [-0.15, -0.1) is 0 Å². The second-order valence-corrected chi connectivity index (χ2v) is 7.79. The average molecular weight is 369 g/mol. The van der Waals surface area contributed by atoms with Crippen LogP contribution in [0, 0.1) is 0 Å². The number of fused-ring (bicyclic) bond motifs is 1. The minimum Gasteiger partial charge on any atom is -0.357 e. The quantitative estimate of drug-likeness (QED) is 0.813. The maximum absolute atomic E-state index is 11.8. The maximum atomic E-state index is 11.8. The Morgan fingerprint density at radius 2 is 2.00 bits per heavy atom. The lowest BCUT2D eigenvalue weighted by molar-refractivity contribution is -0.129. The van der Waals surface area contributed by atoms with Gasteiger partial charge in [-0.25, -0.2) is 4.98 Å². The molecule has 8 heteroatoms. The third-order valence-electron chi connectivity index (χ3n) is 5.64. The van der Waals surface area contributed by atoms with Crippen LogP contribution in [0.5, 0.6) is 0 Å². The second-order valence-electron chi connectivity index (χ2n) is 7.79. The molecule has 144 valence electrons. The molecule has 1 amide bonds. The molecule has 1 atom stereocenters. The molecule has 4 rings (SSSR count). The largest absolute Gasteiger partial charge is 0.357 e. The van der Waals surface area contributed by atoms with Crippen molar-refractivity contribution in [3.8, 4) is 0 Å². The van der Waals surface area contributed by atoms with Gasteiger partial charge in [0.2, 0.25) is 11.9 Å². The molecule has 0 spiro atoms. The fourth-order valence-corrected chi connectivity index (χ4v) is 4.11. The predicted molar refractivity (Wildman–Crippen MR) is 104 cm³/mol. The number of carbonyl (C=O) groups excluding carboxylic acids is 1. The Labute approximate surface area is 160 Å². The molecule has 1 aromatic heterocycles. The van der Waals surface area contributed by atoms with Crippen LogP contribution in [0.1, 0.15) is 37.4 Å². The van der Waals surface area contributed by atoms with Gasteiger partial charge in [0.1, 0.15) is 11.9 Å². The second kappa shape index (κ2) is 6.90. The summed E-state index contributed by atoms with van der Waals surface area (Å²) in [4.78, 5) is 27.3. The van der Waals surface area contributed by atoms with Crippen molar-refractivity contribution in [1.29, 1.82) is 0 Å². The van der Waals surface area contributed by atoms with E-state index in [0.29, 0.717) is 19.0 Å². The van der Waals surface area contributed by atoms with Gasteiger partial charge in [0.15, 0.2) is 0 Å². The summed E-state index contributed by atoms with van der Waals surface area (Å²) in [6.45, 7) is 3.65. The van der Waals surface area contributed by atoms with E-state index in [-0.39, 0.29) is 11.9 Å². The first kappa shape index (κ1) is 17.9. The lowest BCUT2D eigenvalue weighted by Crippen LogP contribution is -2.37. The minimum atomic E-state index is 0.0904. The normalized spacial score (nSPS) is 20.7. The molecule has 3 heterocycles. The number of carbonyl (C=O) groups is 1. The summed E-state index contributed by atoms with van der Waals surface area (Å²) in [6.07, 6.45) is 4.15. The van der Waals surface area contributed by atoms with Crippen molar-refractivity contribution in [3.05, 3.63) is 22.5 Å². The number of anilines is 2. The van der Waals surface area contributed by atoms with Crippen molar-refractivity contribution in [2.45, 2.75) is 45.2 Å². The van der Waals surface area contributed by atoms with Gasteiger partial charge in [-0.05, 0) is 31.3 Å². The molecule has 0 fully saturated rings. The molecule has 0 aromatic carbocycles. The van der Waals surface area contributed by atoms with Gasteiger partial charge in [0.25, 0.3) is 0 Å². The first-order chi connectivity index (χ1) is 12.9. The minimum absolute atomic E-state index is 0.0904. The summed E-state index contributed by atoms with van der Waals surface area (Å²) in [5.41, 5.74) is 4.70. The zero-order valence-corrected chi connectivity index (χ0v) is 16.6. The van der Waals surface area contributed by atoms with Crippen molar-refractivity contribution >= 4 is 17.7 Å². The van der Waals surface area contributed by atoms with Crippen molar-refractivity contribution in [2.24, 2.45) is 10.2 Å². The van der Waals surface area contributed by atoms with Crippen molar-refractivity contribution in [1.82, 2.24) is 14.9 Å². The standard InChI is InChI=1S/C19H27N7O/c1-12(27)26-9-8-14-16(11-26)20-19(24(2)3)21-18(14)25(4)10-17-13-6-5-7-15(13)22-23-17/h17H,5-11H2,1-4H3/t17-/m0/s1. The monoisotopic (exact) mass is 369 g/mol. The Balaban J connectivity index is 1.63. The summed E-state index contributed by atoms with van der Waals surface area (Å²) in [7, 11) is 5.96. The van der Waals surface area contributed by atoms with Gasteiger partial charge in [0, 0.05) is 46.7 Å². The number of rotatable bonds is 4. The predicted octanol–water partition coefficient (Wildman–Crippen LogP) is 2.16. The third-order valence-corrected chi connectivity index (χ3v) is 5.64. The molecule has 0 bridgehead atoms. The Morgan fingerprint density at radius 3 is 2.74 bits per heavy atom. The van der Waals surface area contributed by atoms with Crippen molar-refractivity contribution in [3.63, 3.8) is 0 Å². The zero-order chi connectivity index (χ0) is 19.1. The van der Waals surface area contributed by atoms with E-state index in [0.717, 1.165) is 42.9 Å². The van der Waals surface area contributed by atoms with Gasteiger partial charge in [-0.1, -0.05) is 0 Å². The van der Waals surface area contributed by atoms with Crippen LogP contribution in [-0.4, -0.2) is 61.0 Å². The fourth-order valence-electron chi connectivity index (χ4n) is 4.11. The summed E-state index contributed by atoms with van der Waals surface area (Å²) in [5, 5.41) is 8.87. The molecule has 1 aliphatic carbocycles. The number of amides is 1. The maximum Gasteiger partial charge on any atom is 0.227 e. The summed E-state index contributed by atoms with van der Waals surface area (Å²) in [6, 6.07) is 0.137. The molecule has 2 aliphatic heterocycles. The third kappa shape index (κ3) is 3.28. The van der Waals surface area contributed by atoms with Crippen LogP contribution >= 0.6 is 0 Å². The SMILES string of the molecule is CC(=O)N1CCc2c(nc(N(C)C)nc2N(C)C[C@@H]2N=NC3=C2CCC3)C1. The van der Waals surface area contributed by atoms with E-state index in [4.69, 9.17) is 9.97 Å². The van der Waals surface area contributed by atoms with Crippen LogP contribution in [0.2, 0.25) is 0 Å². The van der Waals surface area contributed by atoms with Crippen LogP contribution in [0.3, 0.4) is 0 Å². The molecule has 0 radical (unpaired) electrons.